The summed E-state index contributed by atoms with van der Waals surface area (Å²) in [5, 5.41) is 6.22. The van der Waals surface area contributed by atoms with Gasteiger partial charge in [-0.1, -0.05) is 30.7 Å². The second-order valence-corrected chi connectivity index (χ2v) is 7.21. The first-order valence-corrected chi connectivity index (χ1v) is 9.27. The minimum absolute atomic E-state index is 0.287. The average molecular weight is 389 g/mol. The number of carbonyl (C=O) groups excluding carboxylic acids is 2. The van der Waals surface area contributed by atoms with E-state index in [0.29, 0.717) is 29.6 Å². The molecule has 0 aromatic heterocycles. The molecule has 0 bridgehead atoms. The van der Waals surface area contributed by atoms with Crippen molar-refractivity contribution in [2.24, 2.45) is 5.41 Å². The Balaban J connectivity index is 1.91. The van der Waals surface area contributed by atoms with Crippen molar-refractivity contribution < 1.29 is 14.3 Å². The van der Waals surface area contributed by atoms with Crippen LogP contribution in [0, 0.1) is 5.41 Å². The number of carbonyl (C=O) groups is 2. The van der Waals surface area contributed by atoms with Gasteiger partial charge in [-0.15, -0.1) is 0 Å². The van der Waals surface area contributed by atoms with Gasteiger partial charge in [-0.05, 0) is 62.2 Å². The number of rotatable bonds is 8. The van der Waals surface area contributed by atoms with E-state index in [4.69, 9.17) is 16.3 Å². The molecule has 0 saturated heterocycles. The molecular weight excluding hydrogens is 364 g/mol. The van der Waals surface area contributed by atoms with Gasteiger partial charge in [0, 0.05) is 17.3 Å². The lowest BCUT2D eigenvalue weighted by molar-refractivity contribution is -0.138. The maximum absolute atomic E-state index is 12.4. The van der Waals surface area contributed by atoms with Crippen molar-refractivity contribution >= 4 is 29.1 Å². The van der Waals surface area contributed by atoms with Gasteiger partial charge < -0.3 is 15.4 Å². The van der Waals surface area contributed by atoms with Crippen LogP contribution >= 0.6 is 11.6 Å². The monoisotopic (exact) mass is 388 g/mol. The van der Waals surface area contributed by atoms with E-state index in [1.165, 1.54) is 0 Å². The molecule has 2 aromatic carbocycles. The first-order chi connectivity index (χ1) is 12.8. The number of amides is 2. The number of nitrogens with one attached hydrogen (secondary N) is 2. The van der Waals surface area contributed by atoms with Gasteiger partial charge >= 0.3 is 0 Å². The van der Waals surface area contributed by atoms with Crippen LogP contribution in [-0.4, -0.2) is 18.4 Å². The van der Waals surface area contributed by atoms with Crippen LogP contribution in [0.15, 0.2) is 48.5 Å². The van der Waals surface area contributed by atoms with Gasteiger partial charge in [-0.2, -0.15) is 0 Å². The van der Waals surface area contributed by atoms with Crippen molar-refractivity contribution in [1.29, 1.82) is 0 Å². The Morgan fingerprint density at radius 3 is 2.22 bits per heavy atom. The SMILES string of the molecule is CCCNC(=O)C(C)(C)C(=O)Nc1ccc(OCc2ccc(Cl)cc2)cc1. The lowest BCUT2D eigenvalue weighted by atomic mass is 9.91. The van der Waals surface area contributed by atoms with Gasteiger partial charge in [0.1, 0.15) is 17.8 Å². The molecule has 0 aliphatic rings. The zero-order chi connectivity index (χ0) is 19.9. The highest BCUT2D eigenvalue weighted by Gasteiger charge is 2.35. The molecule has 2 N–H and O–H groups in total. The van der Waals surface area contributed by atoms with E-state index in [2.05, 4.69) is 10.6 Å². The zero-order valence-corrected chi connectivity index (χ0v) is 16.6. The zero-order valence-electron chi connectivity index (χ0n) is 15.8. The van der Waals surface area contributed by atoms with Crippen LogP contribution in [0.4, 0.5) is 5.69 Å². The Bertz CT molecular complexity index is 771. The predicted octanol–water partition coefficient (Wildman–Crippen LogP) is 4.41. The van der Waals surface area contributed by atoms with Gasteiger partial charge in [-0.3, -0.25) is 9.59 Å². The van der Waals surface area contributed by atoms with Crippen LogP contribution < -0.4 is 15.4 Å². The molecule has 5 nitrogen and oxygen atoms in total. The van der Waals surface area contributed by atoms with E-state index in [0.717, 1.165) is 12.0 Å². The Kier molecular flexibility index (Phi) is 7.25. The Morgan fingerprint density at radius 1 is 1.00 bits per heavy atom. The van der Waals surface area contributed by atoms with Gasteiger partial charge in [-0.25, -0.2) is 0 Å². The number of hydrogen-bond donors (Lipinski definition) is 2. The summed E-state index contributed by atoms with van der Waals surface area (Å²) in [6.45, 7) is 6.15. The maximum Gasteiger partial charge on any atom is 0.239 e. The molecule has 2 rings (SSSR count). The molecule has 6 heteroatoms. The largest absolute Gasteiger partial charge is 0.489 e. The quantitative estimate of drug-likeness (QED) is 0.658. The fraction of sp³-hybridized carbons (Fsp3) is 0.333. The molecule has 27 heavy (non-hydrogen) atoms. The molecule has 0 unspecified atom stereocenters. The lowest BCUT2D eigenvalue weighted by Crippen LogP contribution is -2.45. The number of halogens is 1. The summed E-state index contributed by atoms with van der Waals surface area (Å²) in [7, 11) is 0. The minimum atomic E-state index is -1.15. The van der Waals surface area contributed by atoms with Gasteiger partial charge in [0.05, 0.1) is 0 Å². The number of anilines is 1. The van der Waals surface area contributed by atoms with Crippen molar-refractivity contribution in [3.8, 4) is 5.75 Å². The van der Waals surface area contributed by atoms with Gasteiger partial charge in [0.2, 0.25) is 11.8 Å². The highest BCUT2D eigenvalue weighted by molar-refractivity contribution is 6.30. The maximum atomic E-state index is 12.4. The van der Waals surface area contributed by atoms with Crippen LogP contribution in [-0.2, 0) is 16.2 Å². The van der Waals surface area contributed by atoms with E-state index in [-0.39, 0.29) is 11.8 Å². The standard InChI is InChI=1S/C21H25ClN2O3/c1-4-13-23-19(25)21(2,3)20(26)24-17-9-11-18(12-10-17)27-14-15-5-7-16(22)8-6-15/h5-12H,4,13-14H2,1-3H3,(H,23,25)(H,24,26). The number of hydrogen-bond acceptors (Lipinski definition) is 3. The van der Waals surface area contributed by atoms with E-state index >= 15 is 0 Å². The van der Waals surface area contributed by atoms with E-state index < -0.39 is 5.41 Å². The molecule has 0 radical (unpaired) electrons. The predicted molar refractivity (Wildman–Crippen MR) is 108 cm³/mol. The Hall–Kier alpha value is -2.53. The van der Waals surface area contributed by atoms with Crippen molar-refractivity contribution in [2.45, 2.75) is 33.8 Å². The average Bonchev–Trinajstić information content (AvgIpc) is 2.66. The third kappa shape index (κ3) is 6.00. The van der Waals surface area contributed by atoms with Crippen LogP contribution in [0.1, 0.15) is 32.8 Å². The van der Waals surface area contributed by atoms with Crippen LogP contribution in [0.5, 0.6) is 5.75 Å². The summed E-state index contributed by atoms with van der Waals surface area (Å²) in [5.41, 5.74) is 0.464. The van der Waals surface area contributed by atoms with Crippen molar-refractivity contribution in [1.82, 2.24) is 5.32 Å². The number of benzene rings is 2. The smallest absolute Gasteiger partial charge is 0.239 e. The van der Waals surface area contributed by atoms with E-state index in [1.54, 1.807) is 38.1 Å². The minimum Gasteiger partial charge on any atom is -0.489 e. The Morgan fingerprint density at radius 2 is 1.63 bits per heavy atom. The second kappa shape index (κ2) is 9.42. The third-order valence-corrected chi connectivity index (χ3v) is 4.35. The summed E-state index contributed by atoms with van der Waals surface area (Å²) in [5.74, 6) is 0.0404. The second-order valence-electron chi connectivity index (χ2n) is 6.77. The molecule has 0 heterocycles. The molecule has 0 aliphatic heterocycles. The molecule has 0 saturated carbocycles. The molecule has 144 valence electrons. The highest BCUT2D eigenvalue weighted by atomic mass is 35.5. The third-order valence-electron chi connectivity index (χ3n) is 4.10. The number of ether oxygens (including phenoxy) is 1. The van der Waals surface area contributed by atoms with Gasteiger partial charge in [0.25, 0.3) is 0 Å². The van der Waals surface area contributed by atoms with Crippen LogP contribution in [0.3, 0.4) is 0 Å². The molecule has 0 aliphatic carbocycles. The van der Waals surface area contributed by atoms with E-state index in [9.17, 15) is 9.59 Å². The topological polar surface area (TPSA) is 67.4 Å². The van der Waals surface area contributed by atoms with Crippen LogP contribution in [0.25, 0.3) is 0 Å². The summed E-state index contributed by atoms with van der Waals surface area (Å²) >= 11 is 5.86. The van der Waals surface area contributed by atoms with E-state index in [1.807, 2.05) is 31.2 Å². The molecule has 2 amide bonds. The molecule has 2 aromatic rings. The molecule has 0 spiro atoms. The van der Waals surface area contributed by atoms with Crippen LogP contribution in [0.2, 0.25) is 5.02 Å². The first kappa shape index (κ1) is 20.8. The van der Waals surface area contributed by atoms with Gasteiger partial charge in [0.15, 0.2) is 0 Å². The summed E-state index contributed by atoms with van der Waals surface area (Å²) in [6.07, 6.45) is 0.820. The van der Waals surface area contributed by atoms with Crippen molar-refractivity contribution in [3.05, 3.63) is 59.1 Å². The summed E-state index contributed by atoms with van der Waals surface area (Å²) in [6, 6.07) is 14.5. The molecule has 0 fully saturated rings. The summed E-state index contributed by atoms with van der Waals surface area (Å²) in [4.78, 5) is 24.6. The lowest BCUT2D eigenvalue weighted by Gasteiger charge is -2.22. The molecule has 0 atom stereocenters. The Labute approximate surface area is 165 Å². The highest BCUT2D eigenvalue weighted by Crippen LogP contribution is 2.22. The normalized spacial score (nSPS) is 11.0. The van der Waals surface area contributed by atoms with Crippen molar-refractivity contribution in [2.75, 3.05) is 11.9 Å². The first-order valence-electron chi connectivity index (χ1n) is 8.90. The fourth-order valence-electron chi connectivity index (χ4n) is 2.23. The molecular formula is C21H25ClN2O3. The summed E-state index contributed by atoms with van der Waals surface area (Å²) < 4.78 is 5.72. The fourth-order valence-corrected chi connectivity index (χ4v) is 2.36. The van der Waals surface area contributed by atoms with Crippen molar-refractivity contribution in [3.63, 3.8) is 0 Å².